The Balaban J connectivity index is 1.51. The molecule has 5 rings (SSSR count). The second-order valence-corrected chi connectivity index (χ2v) is 7.41. The number of aliphatic imine (C=N–C) groups is 1. The second kappa shape index (κ2) is 5.98. The van der Waals surface area contributed by atoms with E-state index in [1.54, 1.807) is 0 Å². The molecule has 0 spiro atoms. The number of hydrogen-bond acceptors (Lipinski definition) is 7. The number of aryl methyl sites for hydroxylation is 1. The molecule has 4 heterocycles. The molecular weight excluding hydrogens is 346 g/mol. The molecule has 1 atom stereocenters. The topological polar surface area (TPSA) is 72.1 Å². The van der Waals surface area contributed by atoms with Gasteiger partial charge >= 0.3 is 0 Å². The van der Waals surface area contributed by atoms with Crippen molar-refractivity contribution in [1.82, 2.24) is 29.0 Å². The molecule has 1 aromatic carbocycles. The summed E-state index contributed by atoms with van der Waals surface area (Å²) >= 11 is 1.38. The molecule has 0 saturated carbocycles. The van der Waals surface area contributed by atoms with Crippen LogP contribution < -0.4 is 0 Å². The molecule has 2 aliphatic heterocycles. The van der Waals surface area contributed by atoms with Gasteiger partial charge < -0.3 is 9.47 Å². The maximum atomic E-state index is 4.85. The van der Waals surface area contributed by atoms with E-state index >= 15 is 0 Å². The normalized spacial score (nSPS) is 19.1. The van der Waals surface area contributed by atoms with Crippen LogP contribution in [0.5, 0.6) is 0 Å². The van der Waals surface area contributed by atoms with E-state index in [-0.39, 0.29) is 6.04 Å². The van der Waals surface area contributed by atoms with E-state index in [2.05, 4.69) is 60.2 Å². The lowest BCUT2D eigenvalue weighted by Crippen LogP contribution is -2.43. The lowest BCUT2D eigenvalue weighted by Gasteiger charge is -2.37. The van der Waals surface area contributed by atoms with E-state index in [0.717, 1.165) is 54.4 Å². The summed E-state index contributed by atoms with van der Waals surface area (Å²) < 4.78 is 6.45. The summed E-state index contributed by atoms with van der Waals surface area (Å²) in [6.07, 6.45) is 1.01. The Kier molecular flexibility index (Phi) is 3.59. The molecule has 8 heteroatoms. The molecule has 0 aliphatic carbocycles. The van der Waals surface area contributed by atoms with Crippen molar-refractivity contribution in [2.24, 2.45) is 4.99 Å². The predicted octanol–water partition coefficient (Wildman–Crippen LogP) is 2.48. The van der Waals surface area contributed by atoms with Crippen molar-refractivity contribution in [3.8, 4) is 10.8 Å². The minimum atomic E-state index is 0.115. The van der Waals surface area contributed by atoms with Crippen LogP contribution in [0.25, 0.3) is 10.8 Å². The van der Waals surface area contributed by atoms with Crippen molar-refractivity contribution in [3.05, 3.63) is 47.0 Å². The van der Waals surface area contributed by atoms with Crippen LogP contribution in [0.3, 0.4) is 0 Å². The zero-order valence-corrected chi connectivity index (χ0v) is 15.6. The minimum absolute atomic E-state index is 0.115. The van der Waals surface area contributed by atoms with Crippen molar-refractivity contribution in [2.45, 2.75) is 32.9 Å². The predicted molar refractivity (Wildman–Crippen MR) is 100 cm³/mol. The van der Waals surface area contributed by atoms with E-state index in [4.69, 9.17) is 4.99 Å². The van der Waals surface area contributed by atoms with Gasteiger partial charge in [0.1, 0.15) is 11.7 Å². The van der Waals surface area contributed by atoms with Gasteiger partial charge in [-0.15, -0.1) is 10.2 Å². The fourth-order valence-corrected chi connectivity index (χ4v) is 4.46. The first-order valence-corrected chi connectivity index (χ1v) is 9.63. The standard InChI is InChI=1S/C18H19N7S/c1-11-15-21-22-17(18-20-12(2)23-26-18)25(15)10-9-24(11)16-14-6-4-3-5-13(14)7-8-19-16/h3-6,11H,7-10H2,1-2H3/t11-/m1/s1. The van der Waals surface area contributed by atoms with Gasteiger partial charge in [-0.25, -0.2) is 4.98 Å². The Hall–Kier alpha value is -2.61. The molecule has 132 valence electrons. The highest BCUT2D eigenvalue weighted by Gasteiger charge is 2.32. The van der Waals surface area contributed by atoms with Gasteiger partial charge in [-0.1, -0.05) is 24.3 Å². The smallest absolute Gasteiger partial charge is 0.194 e. The first-order chi connectivity index (χ1) is 12.7. The number of nitrogens with zero attached hydrogens (tertiary/aromatic N) is 7. The summed E-state index contributed by atoms with van der Waals surface area (Å²) in [4.78, 5) is 11.7. The Bertz CT molecular complexity index is 1000. The molecule has 3 aromatic rings. The summed E-state index contributed by atoms with van der Waals surface area (Å²) in [5.74, 6) is 3.65. The maximum absolute atomic E-state index is 4.85. The molecule has 0 unspecified atom stereocenters. The average Bonchev–Trinajstić information content (AvgIpc) is 3.28. The number of rotatable bonds is 1. The van der Waals surface area contributed by atoms with Crippen LogP contribution in [0.4, 0.5) is 0 Å². The first-order valence-electron chi connectivity index (χ1n) is 8.85. The molecule has 0 amide bonds. The third-order valence-electron chi connectivity index (χ3n) is 5.08. The minimum Gasteiger partial charge on any atom is -0.345 e. The summed E-state index contributed by atoms with van der Waals surface area (Å²) in [6.45, 7) is 6.62. The average molecular weight is 365 g/mol. The maximum Gasteiger partial charge on any atom is 0.194 e. The highest BCUT2D eigenvalue weighted by atomic mass is 32.1. The number of hydrogen-bond donors (Lipinski definition) is 0. The molecular formula is C18H19N7S. The van der Waals surface area contributed by atoms with Gasteiger partial charge in [-0.2, -0.15) is 4.37 Å². The zero-order chi connectivity index (χ0) is 17.7. The van der Waals surface area contributed by atoms with E-state index in [0.29, 0.717) is 0 Å². The second-order valence-electron chi connectivity index (χ2n) is 6.66. The van der Waals surface area contributed by atoms with Crippen LogP contribution >= 0.6 is 11.5 Å². The van der Waals surface area contributed by atoms with Crippen LogP contribution in [0.2, 0.25) is 0 Å². The van der Waals surface area contributed by atoms with Gasteiger partial charge in [0.05, 0.1) is 6.04 Å². The molecule has 0 saturated heterocycles. The van der Waals surface area contributed by atoms with Crippen molar-refractivity contribution in [1.29, 1.82) is 0 Å². The third kappa shape index (κ3) is 2.36. The molecule has 0 bridgehead atoms. The lowest BCUT2D eigenvalue weighted by molar-refractivity contribution is 0.266. The Morgan fingerprint density at radius 2 is 2.04 bits per heavy atom. The van der Waals surface area contributed by atoms with Crippen molar-refractivity contribution >= 4 is 17.4 Å². The van der Waals surface area contributed by atoms with Gasteiger partial charge in [-0.3, -0.25) is 4.99 Å². The van der Waals surface area contributed by atoms with Gasteiger partial charge in [-0.05, 0) is 37.4 Å². The van der Waals surface area contributed by atoms with Crippen LogP contribution in [0.1, 0.15) is 35.7 Å². The largest absolute Gasteiger partial charge is 0.345 e. The van der Waals surface area contributed by atoms with Crippen molar-refractivity contribution in [3.63, 3.8) is 0 Å². The summed E-state index contributed by atoms with van der Waals surface area (Å²) in [5, 5.41) is 9.73. The van der Waals surface area contributed by atoms with Gasteiger partial charge in [0.25, 0.3) is 0 Å². The van der Waals surface area contributed by atoms with Crippen molar-refractivity contribution in [2.75, 3.05) is 13.1 Å². The molecule has 7 nitrogen and oxygen atoms in total. The SMILES string of the molecule is Cc1nsc(-c2nnc3n2CCN(C2=NCCc4ccccc42)[C@@H]3C)n1. The van der Waals surface area contributed by atoms with E-state index in [1.807, 2.05) is 6.92 Å². The molecule has 0 radical (unpaired) electrons. The number of fused-ring (bicyclic) bond motifs is 2. The summed E-state index contributed by atoms with van der Waals surface area (Å²) in [5.41, 5.74) is 2.63. The first kappa shape index (κ1) is 15.6. The van der Waals surface area contributed by atoms with Gasteiger partial charge in [0.15, 0.2) is 16.7 Å². The molecule has 2 aromatic heterocycles. The highest BCUT2D eigenvalue weighted by molar-refractivity contribution is 7.09. The quantitative estimate of drug-likeness (QED) is 0.662. The molecule has 26 heavy (non-hydrogen) atoms. The molecule has 2 aliphatic rings. The van der Waals surface area contributed by atoms with Crippen molar-refractivity contribution < 1.29 is 0 Å². The van der Waals surface area contributed by atoms with E-state index in [1.165, 1.54) is 22.7 Å². The van der Waals surface area contributed by atoms with Crippen LogP contribution in [0, 0.1) is 6.92 Å². The van der Waals surface area contributed by atoms with Gasteiger partial charge in [0, 0.05) is 25.2 Å². The zero-order valence-electron chi connectivity index (χ0n) is 14.8. The highest BCUT2D eigenvalue weighted by Crippen LogP contribution is 2.31. The third-order valence-corrected chi connectivity index (χ3v) is 5.88. The monoisotopic (exact) mass is 365 g/mol. The molecule has 0 N–H and O–H groups in total. The number of aromatic nitrogens is 5. The fourth-order valence-electron chi connectivity index (χ4n) is 3.79. The fraction of sp³-hybridized carbons (Fsp3) is 0.389. The Labute approximate surface area is 155 Å². The summed E-state index contributed by atoms with van der Waals surface area (Å²) in [6, 6.07) is 8.69. The number of amidine groups is 1. The Morgan fingerprint density at radius 3 is 2.88 bits per heavy atom. The summed E-state index contributed by atoms with van der Waals surface area (Å²) in [7, 11) is 0. The lowest BCUT2D eigenvalue weighted by atomic mass is 9.99. The van der Waals surface area contributed by atoms with E-state index in [9.17, 15) is 0 Å². The number of benzene rings is 1. The molecule has 0 fully saturated rings. The Morgan fingerprint density at radius 1 is 1.15 bits per heavy atom. The van der Waals surface area contributed by atoms with Crippen LogP contribution in [0.15, 0.2) is 29.3 Å². The van der Waals surface area contributed by atoms with Gasteiger partial charge in [0.2, 0.25) is 0 Å². The van der Waals surface area contributed by atoms with Crippen LogP contribution in [-0.2, 0) is 13.0 Å². The van der Waals surface area contributed by atoms with Crippen LogP contribution in [-0.4, -0.2) is 47.9 Å². The van der Waals surface area contributed by atoms with E-state index < -0.39 is 0 Å².